The molecule has 7 rings (SSSR count). The first-order valence-corrected chi connectivity index (χ1v) is 20.0. The SMILES string of the molecule is C1=CCC=CC(c2cccc(-c3ccccc3)c2)=C1.CC.CC.CC.CC.CC1(C)CC=CC(C2C=CC=CC2C2=CC=CC3(C=C2)CC3)=CC1. The van der Waals surface area contributed by atoms with Gasteiger partial charge in [-0.1, -0.05) is 221 Å². The van der Waals surface area contributed by atoms with Gasteiger partial charge in [-0.3, -0.25) is 0 Å². The first-order chi connectivity index (χ1) is 25.0. The van der Waals surface area contributed by atoms with E-state index in [1.54, 1.807) is 0 Å². The molecular weight excluding hydrogens is 613 g/mol. The molecule has 0 nitrogen and oxygen atoms in total. The molecule has 0 radical (unpaired) electrons. The molecule has 0 saturated heterocycles. The fourth-order valence-electron chi connectivity index (χ4n) is 6.26. The number of allylic oxidation sites excluding steroid dienone is 20. The van der Waals surface area contributed by atoms with Gasteiger partial charge in [0.25, 0.3) is 0 Å². The first-order valence-electron chi connectivity index (χ1n) is 20.0. The lowest BCUT2D eigenvalue weighted by Crippen LogP contribution is -2.16. The van der Waals surface area contributed by atoms with E-state index in [0.29, 0.717) is 22.7 Å². The van der Waals surface area contributed by atoms with Crippen LogP contribution in [0, 0.1) is 22.7 Å². The monoisotopic (exact) mass is 681 g/mol. The van der Waals surface area contributed by atoms with E-state index in [9.17, 15) is 0 Å². The Morgan fingerprint density at radius 3 is 1.86 bits per heavy atom. The van der Waals surface area contributed by atoms with E-state index in [1.165, 1.54) is 46.3 Å². The maximum absolute atomic E-state index is 2.48. The van der Waals surface area contributed by atoms with Crippen molar-refractivity contribution in [2.75, 3.05) is 0 Å². The van der Waals surface area contributed by atoms with E-state index in [-0.39, 0.29) is 0 Å². The van der Waals surface area contributed by atoms with Crippen molar-refractivity contribution in [2.24, 2.45) is 22.7 Å². The largest absolute Gasteiger partial charge is 0.0837 e. The predicted octanol–water partition coefficient (Wildman–Crippen LogP) is 15.8. The van der Waals surface area contributed by atoms with Crippen LogP contribution < -0.4 is 0 Å². The minimum atomic E-state index is 0.380. The summed E-state index contributed by atoms with van der Waals surface area (Å²) >= 11 is 0. The Labute approximate surface area is 314 Å². The second-order valence-corrected chi connectivity index (χ2v) is 13.2. The Kier molecular flexibility index (Phi) is 19.7. The van der Waals surface area contributed by atoms with Crippen molar-refractivity contribution < 1.29 is 0 Å². The number of hydrogen-bond acceptors (Lipinski definition) is 0. The predicted molar refractivity (Wildman–Crippen MR) is 232 cm³/mol. The van der Waals surface area contributed by atoms with Crippen molar-refractivity contribution in [3.63, 3.8) is 0 Å². The summed E-state index contributed by atoms with van der Waals surface area (Å²) in [5.74, 6) is 0.902. The highest BCUT2D eigenvalue weighted by atomic mass is 14.4. The molecular formula is C51H68. The molecule has 1 saturated carbocycles. The summed E-state index contributed by atoms with van der Waals surface area (Å²) in [5, 5.41) is 0. The molecule has 2 aromatic rings. The second kappa shape index (κ2) is 23.3. The van der Waals surface area contributed by atoms with Crippen molar-refractivity contribution in [1.29, 1.82) is 0 Å². The van der Waals surface area contributed by atoms with Gasteiger partial charge in [0, 0.05) is 17.3 Å². The third kappa shape index (κ3) is 13.5. The third-order valence-electron chi connectivity index (χ3n) is 9.21. The van der Waals surface area contributed by atoms with Gasteiger partial charge in [0.05, 0.1) is 0 Å². The zero-order chi connectivity index (χ0) is 37.5. The summed E-state index contributed by atoms with van der Waals surface area (Å²) in [7, 11) is 0. The van der Waals surface area contributed by atoms with Gasteiger partial charge in [-0.15, -0.1) is 0 Å². The average molecular weight is 681 g/mol. The van der Waals surface area contributed by atoms with Gasteiger partial charge in [0.1, 0.15) is 0 Å². The number of benzene rings is 2. The smallest absolute Gasteiger partial charge is 0.0124 e. The molecule has 0 aromatic heterocycles. The van der Waals surface area contributed by atoms with Crippen LogP contribution in [0.2, 0.25) is 0 Å². The highest BCUT2D eigenvalue weighted by molar-refractivity contribution is 5.79. The van der Waals surface area contributed by atoms with Crippen LogP contribution in [-0.2, 0) is 0 Å². The molecule has 2 unspecified atom stereocenters. The fourth-order valence-corrected chi connectivity index (χ4v) is 6.26. The zero-order valence-electron chi connectivity index (χ0n) is 33.7. The minimum absolute atomic E-state index is 0.380. The Morgan fingerprint density at radius 2 is 1.18 bits per heavy atom. The summed E-state index contributed by atoms with van der Waals surface area (Å²) in [6.07, 6.45) is 45.1. The highest BCUT2D eigenvalue weighted by Gasteiger charge is 2.38. The summed E-state index contributed by atoms with van der Waals surface area (Å²) in [5.41, 5.74) is 8.75. The lowest BCUT2D eigenvalue weighted by atomic mass is 9.77. The van der Waals surface area contributed by atoms with Crippen molar-refractivity contribution in [3.8, 4) is 11.1 Å². The van der Waals surface area contributed by atoms with E-state index in [2.05, 4.69) is 172 Å². The Balaban J connectivity index is 0.000000301. The molecule has 0 bridgehead atoms. The van der Waals surface area contributed by atoms with Crippen molar-refractivity contribution in [3.05, 3.63) is 175 Å². The molecule has 5 aliphatic rings. The van der Waals surface area contributed by atoms with Crippen LogP contribution in [0.1, 0.15) is 107 Å². The Hall–Kier alpha value is -4.16. The van der Waals surface area contributed by atoms with E-state index < -0.39 is 0 Å². The quantitative estimate of drug-likeness (QED) is 0.301. The van der Waals surface area contributed by atoms with Crippen LogP contribution in [0.15, 0.2) is 169 Å². The molecule has 2 atom stereocenters. The van der Waals surface area contributed by atoms with Gasteiger partial charge in [0.15, 0.2) is 0 Å². The van der Waals surface area contributed by atoms with Gasteiger partial charge >= 0.3 is 0 Å². The number of rotatable bonds is 4. The molecule has 0 N–H and O–H groups in total. The maximum atomic E-state index is 2.48. The standard InChI is InChI=1S/C24H28.C19H16.4C2H6/c1-23(2)13-5-7-19(11-15-23)21-9-3-4-10-22(21)20-8-6-14-24(16-12-20)17-18-24;1-2-5-10-16(9-4-1)18-13-8-14-19(15-18)17-11-6-3-7-12-17;4*1-2/h3-12,14,16,21-22H,13,15,17-18H2,1-2H3;1,3-15H,2H2;4*1-2H3. The summed E-state index contributed by atoms with van der Waals surface area (Å²) in [6, 6.07) is 19.2. The Morgan fingerprint density at radius 1 is 0.529 bits per heavy atom. The molecule has 0 aliphatic heterocycles. The van der Waals surface area contributed by atoms with Gasteiger partial charge in [-0.2, -0.15) is 0 Å². The molecule has 0 heterocycles. The fraction of sp³-hybridized carbons (Fsp3) is 0.373. The highest BCUT2D eigenvalue weighted by Crippen LogP contribution is 2.50. The summed E-state index contributed by atoms with van der Waals surface area (Å²) < 4.78 is 0. The maximum Gasteiger partial charge on any atom is 0.0124 e. The van der Waals surface area contributed by atoms with Crippen LogP contribution in [0.3, 0.4) is 0 Å². The molecule has 1 fully saturated rings. The summed E-state index contributed by atoms with van der Waals surface area (Å²) in [4.78, 5) is 0. The van der Waals surface area contributed by atoms with E-state index >= 15 is 0 Å². The zero-order valence-corrected chi connectivity index (χ0v) is 33.7. The average Bonchev–Trinajstić information content (AvgIpc) is 4.06. The molecule has 272 valence electrons. The lowest BCUT2D eigenvalue weighted by molar-refractivity contribution is 0.378. The van der Waals surface area contributed by atoms with Gasteiger partial charge in [0.2, 0.25) is 0 Å². The Bertz CT molecular complexity index is 1600. The first kappa shape index (κ1) is 43.0. The van der Waals surface area contributed by atoms with Gasteiger partial charge < -0.3 is 0 Å². The van der Waals surface area contributed by atoms with Gasteiger partial charge in [-0.05, 0) is 77.0 Å². The minimum Gasteiger partial charge on any atom is -0.0837 e. The topological polar surface area (TPSA) is 0 Å². The van der Waals surface area contributed by atoms with E-state index in [4.69, 9.17) is 0 Å². The van der Waals surface area contributed by atoms with Crippen LogP contribution >= 0.6 is 0 Å². The molecule has 1 spiro atoms. The molecule has 51 heavy (non-hydrogen) atoms. The van der Waals surface area contributed by atoms with E-state index in [1.807, 2.05) is 55.4 Å². The molecule has 0 heteroatoms. The van der Waals surface area contributed by atoms with Crippen LogP contribution in [0.5, 0.6) is 0 Å². The van der Waals surface area contributed by atoms with Crippen molar-refractivity contribution in [1.82, 2.24) is 0 Å². The second-order valence-electron chi connectivity index (χ2n) is 13.2. The lowest BCUT2D eigenvalue weighted by Gasteiger charge is -2.27. The molecule has 2 aromatic carbocycles. The van der Waals surface area contributed by atoms with Crippen LogP contribution in [0.4, 0.5) is 0 Å². The van der Waals surface area contributed by atoms with Crippen LogP contribution in [-0.4, -0.2) is 0 Å². The molecule has 5 aliphatic carbocycles. The van der Waals surface area contributed by atoms with E-state index in [0.717, 1.165) is 19.3 Å². The van der Waals surface area contributed by atoms with Gasteiger partial charge in [-0.25, -0.2) is 0 Å². The number of hydrogen-bond donors (Lipinski definition) is 0. The van der Waals surface area contributed by atoms with Crippen molar-refractivity contribution in [2.45, 2.75) is 101 Å². The normalized spacial score (nSPS) is 20.9. The summed E-state index contributed by atoms with van der Waals surface area (Å²) in [6.45, 7) is 20.7. The third-order valence-corrected chi connectivity index (χ3v) is 9.21. The van der Waals surface area contributed by atoms with Crippen molar-refractivity contribution >= 4 is 5.57 Å². The molecule has 0 amide bonds. The van der Waals surface area contributed by atoms with Crippen LogP contribution in [0.25, 0.3) is 16.7 Å².